The van der Waals surface area contributed by atoms with Gasteiger partial charge < -0.3 is 19.6 Å². The van der Waals surface area contributed by atoms with Crippen LogP contribution >= 0.6 is 0 Å². The van der Waals surface area contributed by atoms with Crippen molar-refractivity contribution in [2.45, 2.75) is 95.9 Å². The van der Waals surface area contributed by atoms with Gasteiger partial charge in [0.2, 0.25) is 0 Å². The van der Waals surface area contributed by atoms with Crippen molar-refractivity contribution in [2.24, 2.45) is 11.0 Å². The molecule has 2 atom stereocenters. The molecule has 2 aromatic carbocycles. The van der Waals surface area contributed by atoms with E-state index in [1.807, 2.05) is 47.5 Å². The van der Waals surface area contributed by atoms with Crippen molar-refractivity contribution >= 4 is 17.9 Å². The van der Waals surface area contributed by atoms with Gasteiger partial charge in [0.15, 0.2) is 11.5 Å². The molecule has 0 spiro atoms. The molecule has 2 saturated carbocycles. The molecule has 0 radical (unpaired) electrons. The van der Waals surface area contributed by atoms with Gasteiger partial charge in [-0.3, -0.25) is 9.80 Å². The van der Waals surface area contributed by atoms with E-state index in [9.17, 15) is 9.59 Å². The SMILES string of the molecule is CCC1CC(C=O)N(Cc2cccc(C(=O)NC3CCCC3)c2)N=C1c1ccc(OC)c(OC2CCCC2)c1. The molecule has 1 N–H and O–H groups in total. The summed E-state index contributed by atoms with van der Waals surface area (Å²) in [6.45, 7) is 2.60. The van der Waals surface area contributed by atoms with Gasteiger partial charge in [-0.2, -0.15) is 5.10 Å². The molecule has 0 aromatic heterocycles. The Morgan fingerprint density at radius 1 is 1.05 bits per heavy atom. The summed E-state index contributed by atoms with van der Waals surface area (Å²) in [7, 11) is 1.67. The van der Waals surface area contributed by atoms with Gasteiger partial charge in [-0.1, -0.05) is 31.9 Å². The van der Waals surface area contributed by atoms with Crippen molar-refractivity contribution in [3.63, 3.8) is 0 Å². The Hall–Kier alpha value is -3.35. The highest BCUT2D eigenvalue weighted by molar-refractivity contribution is 6.03. The summed E-state index contributed by atoms with van der Waals surface area (Å²) in [6.07, 6.45) is 11.8. The number of benzene rings is 2. The number of nitrogens with one attached hydrogen (secondary N) is 1. The third kappa shape index (κ3) is 6.45. The highest BCUT2D eigenvalue weighted by Crippen LogP contribution is 2.35. The Labute approximate surface area is 231 Å². The summed E-state index contributed by atoms with van der Waals surface area (Å²) in [5.74, 6) is 1.61. The van der Waals surface area contributed by atoms with E-state index in [0.29, 0.717) is 18.5 Å². The van der Waals surface area contributed by atoms with Gasteiger partial charge in [-0.15, -0.1) is 0 Å². The lowest BCUT2D eigenvalue weighted by Gasteiger charge is -2.35. The predicted molar refractivity (Wildman–Crippen MR) is 152 cm³/mol. The summed E-state index contributed by atoms with van der Waals surface area (Å²) in [5.41, 5.74) is 3.57. The molecule has 5 rings (SSSR count). The minimum absolute atomic E-state index is 0.0300. The average molecular weight is 532 g/mol. The molecule has 0 saturated heterocycles. The lowest BCUT2D eigenvalue weighted by molar-refractivity contribution is -0.113. The van der Waals surface area contributed by atoms with Gasteiger partial charge in [0, 0.05) is 23.1 Å². The first-order valence-corrected chi connectivity index (χ1v) is 14.6. The van der Waals surface area contributed by atoms with Gasteiger partial charge in [0.05, 0.1) is 25.5 Å². The monoisotopic (exact) mass is 531 g/mol. The number of ether oxygens (including phenoxy) is 2. The third-order valence-corrected chi connectivity index (χ3v) is 8.46. The van der Waals surface area contributed by atoms with Crippen LogP contribution in [0.3, 0.4) is 0 Å². The minimum Gasteiger partial charge on any atom is -0.493 e. The first kappa shape index (κ1) is 27.2. The Balaban J connectivity index is 1.39. The van der Waals surface area contributed by atoms with E-state index in [0.717, 1.165) is 66.7 Å². The molecule has 3 aliphatic rings. The molecular formula is C32H41N3O4. The summed E-state index contributed by atoms with van der Waals surface area (Å²) < 4.78 is 12.0. The van der Waals surface area contributed by atoms with E-state index in [1.165, 1.54) is 25.7 Å². The first-order valence-electron chi connectivity index (χ1n) is 14.6. The number of nitrogens with zero attached hydrogens (tertiary/aromatic N) is 2. The first-order chi connectivity index (χ1) is 19.1. The number of methoxy groups -OCH3 is 1. The van der Waals surface area contributed by atoms with Crippen molar-refractivity contribution in [3.05, 3.63) is 59.2 Å². The normalized spacial score (nSPS) is 22.0. The summed E-state index contributed by atoms with van der Waals surface area (Å²) in [5, 5.41) is 10.1. The molecule has 2 aromatic rings. The van der Waals surface area contributed by atoms with Crippen molar-refractivity contribution in [1.82, 2.24) is 10.3 Å². The molecule has 39 heavy (non-hydrogen) atoms. The second kappa shape index (κ2) is 12.7. The van der Waals surface area contributed by atoms with Crippen LogP contribution < -0.4 is 14.8 Å². The smallest absolute Gasteiger partial charge is 0.251 e. The zero-order valence-electron chi connectivity index (χ0n) is 23.2. The van der Waals surface area contributed by atoms with Crippen molar-refractivity contribution in [2.75, 3.05) is 7.11 Å². The van der Waals surface area contributed by atoms with Crippen molar-refractivity contribution in [1.29, 1.82) is 0 Å². The largest absolute Gasteiger partial charge is 0.493 e. The van der Waals surface area contributed by atoms with E-state index in [-0.39, 0.29) is 30.0 Å². The third-order valence-electron chi connectivity index (χ3n) is 8.46. The van der Waals surface area contributed by atoms with Crippen LogP contribution in [0.2, 0.25) is 0 Å². The highest BCUT2D eigenvalue weighted by Gasteiger charge is 2.31. The lowest BCUT2D eigenvalue weighted by Crippen LogP contribution is -2.41. The highest BCUT2D eigenvalue weighted by atomic mass is 16.5. The fourth-order valence-corrected chi connectivity index (χ4v) is 6.20. The van der Waals surface area contributed by atoms with E-state index in [4.69, 9.17) is 14.6 Å². The minimum atomic E-state index is -0.317. The number of amides is 1. The van der Waals surface area contributed by atoms with Crippen LogP contribution in [0.5, 0.6) is 11.5 Å². The summed E-state index contributed by atoms with van der Waals surface area (Å²) >= 11 is 0. The van der Waals surface area contributed by atoms with Crippen molar-refractivity contribution < 1.29 is 19.1 Å². The van der Waals surface area contributed by atoms with Crippen LogP contribution in [-0.4, -0.2) is 48.2 Å². The van der Waals surface area contributed by atoms with Gasteiger partial charge in [0.1, 0.15) is 12.3 Å². The molecular weight excluding hydrogens is 490 g/mol. The summed E-state index contributed by atoms with van der Waals surface area (Å²) in [4.78, 5) is 25.0. The Bertz CT molecular complexity index is 1180. The predicted octanol–water partition coefficient (Wildman–Crippen LogP) is 5.89. The van der Waals surface area contributed by atoms with Crippen LogP contribution in [0.25, 0.3) is 0 Å². The topological polar surface area (TPSA) is 80.2 Å². The molecule has 1 amide bonds. The number of hydrogen-bond donors (Lipinski definition) is 1. The molecule has 7 nitrogen and oxygen atoms in total. The fraction of sp³-hybridized carbons (Fsp3) is 0.531. The van der Waals surface area contributed by atoms with Gasteiger partial charge >= 0.3 is 0 Å². The van der Waals surface area contributed by atoms with E-state index < -0.39 is 0 Å². The number of carbonyl (C=O) groups is 2. The molecule has 1 aliphatic heterocycles. The maximum Gasteiger partial charge on any atom is 0.251 e. The van der Waals surface area contributed by atoms with Crippen LogP contribution in [0.15, 0.2) is 47.6 Å². The fourth-order valence-electron chi connectivity index (χ4n) is 6.20. The number of hydrazone groups is 1. The molecule has 208 valence electrons. The molecule has 0 bridgehead atoms. The molecule has 2 aliphatic carbocycles. The molecule has 2 fully saturated rings. The Kier molecular flexibility index (Phi) is 8.84. The summed E-state index contributed by atoms with van der Waals surface area (Å²) in [6, 6.07) is 13.7. The zero-order valence-corrected chi connectivity index (χ0v) is 23.2. The molecule has 1 heterocycles. The number of aldehydes is 1. The van der Waals surface area contributed by atoms with Gasteiger partial charge in [-0.05, 0) is 87.3 Å². The van der Waals surface area contributed by atoms with Crippen LogP contribution in [0.1, 0.15) is 92.6 Å². The maximum atomic E-state index is 12.9. The van der Waals surface area contributed by atoms with E-state index in [1.54, 1.807) is 7.11 Å². The quantitative estimate of drug-likeness (QED) is 0.387. The standard InChI is InChI=1S/C32H41N3O4/c1-3-23-18-27(21-36)35(20-22-9-8-10-25(17-22)32(37)33-26-11-4-5-12-26)34-31(23)24-15-16-29(38-2)30(19-24)39-28-13-6-7-14-28/h8-10,15-17,19,21,23,26-28H,3-7,11-14,18,20H2,1-2H3,(H,33,37). The number of rotatable bonds is 10. The number of hydrogen-bond acceptors (Lipinski definition) is 6. The zero-order chi connectivity index (χ0) is 27.2. The van der Waals surface area contributed by atoms with Crippen LogP contribution in [0.4, 0.5) is 0 Å². The molecule has 7 heteroatoms. The van der Waals surface area contributed by atoms with Crippen molar-refractivity contribution in [3.8, 4) is 11.5 Å². The second-order valence-corrected chi connectivity index (χ2v) is 11.2. The van der Waals surface area contributed by atoms with E-state index >= 15 is 0 Å². The Morgan fingerprint density at radius 3 is 2.54 bits per heavy atom. The number of carbonyl (C=O) groups excluding carboxylic acids is 2. The Morgan fingerprint density at radius 2 is 1.82 bits per heavy atom. The molecule has 2 unspecified atom stereocenters. The van der Waals surface area contributed by atoms with Gasteiger partial charge in [0.25, 0.3) is 5.91 Å². The lowest BCUT2D eigenvalue weighted by atomic mass is 9.87. The van der Waals surface area contributed by atoms with Crippen LogP contribution in [-0.2, 0) is 11.3 Å². The maximum absolute atomic E-state index is 12.9. The van der Waals surface area contributed by atoms with E-state index in [2.05, 4.69) is 12.2 Å². The van der Waals surface area contributed by atoms with Crippen LogP contribution in [0, 0.1) is 5.92 Å². The average Bonchev–Trinajstić information content (AvgIpc) is 3.67. The second-order valence-electron chi connectivity index (χ2n) is 11.2. The van der Waals surface area contributed by atoms with Gasteiger partial charge in [-0.25, -0.2) is 0 Å².